The summed E-state index contributed by atoms with van der Waals surface area (Å²) in [5.41, 5.74) is 1.47. The topological polar surface area (TPSA) is 29.5 Å². The van der Waals surface area contributed by atoms with E-state index < -0.39 is 11.1 Å². The molecule has 1 fully saturated rings. The van der Waals surface area contributed by atoms with Gasteiger partial charge in [-0.15, -0.1) is 0 Å². The molecule has 0 radical (unpaired) electrons. The van der Waals surface area contributed by atoms with Crippen molar-refractivity contribution in [3.8, 4) is 0 Å². The Morgan fingerprint density at radius 2 is 2.05 bits per heavy atom. The number of hydrogen-bond acceptors (Lipinski definition) is 3. The van der Waals surface area contributed by atoms with Crippen molar-refractivity contribution in [2.45, 2.75) is 51.3 Å². The van der Waals surface area contributed by atoms with E-state index in [0.29, 0.717) is 0 Å². The minimum absolute atomic E-state index is 0.0811. The van der Waals surface area contributed by atoms with E-state index in [-0.39, 0.29) is 5.97 Å². The fraction of sp³-hybridized carbons (Fsp3) is 0.562. The lowest BCUT2D eigenvalue weighted by molar-refractivity contribution is -0.168. The van der Waals surface area contributed by atoms with Crippen LogP contribution in [0.2, 0.25) is 0 Å². The lowest BCUT2D eigenvalue weighted by Crippen LogP contribution is -2.46. The van der Waals surface area contributed by atoms with Crippen LogP contribution in [0.15, 0.2) is 24.3 Å². The molecule has 2 aliphatic rings. The van der Waals surface area contributed by atoms with Crippen molar-refractivity contribution in [1.29, 1.82) is 0 Å². The number of benzene rings is 1. The normalized spacial score (nSPS) is 26.1. The van der Waals surface area contributed by atoms with Gasteiger partial charge >= 0.3 is 5.97 Å². The molecule has 0 aliphatic carbocycles. The first-order valence-electron chi connectivity index (χ1n) is 7.00. The number of fused-ring (bicyclic) bond motifs is 3. The average molecular weight is 259 g/mol. The first-order chi connectivity index (χ1) is 8.93. The molecule has 0 amide bonds. The Balaban J connectivity index is 2.03. The molecule has 1 atom stereocenters. The number of ether oxygens (including phenoxy) is 1. The molecule has 2 aliphatic heterocycles. The molecule has 1 saturated heterocycles. The van der Waals surface area contributed by atoms with Crippen LogP contribution < -0.4 is 0 Å². The lowest BCUT2D eigenvalue weighted by atomic mass is 9.88. The van der Waals surface area contributed by atoms with Crippen molar-refractivity contribution in [1.82, 2.24) is 4.90 Å². The highest BCUT2D eigenvalue weighted by molar-refractivity contribution is 5.85. The summed E-state index contributed by atoms with van der Waals surface area (Å²) in [7, 11) is 0. The van der Waals surface area contributed by atoms with Gasteiger partial charge in [-0.25, -0.2) is 4.79 Å². The van der Waals surface area contributed by atoms with Gasteiger partial charge in [0, 0.05) is 13.1 Å². The zero-order chi connectivity index (χ0) is 13.7. The SMILES string of the molecule is CC(C)(C)OC(=O)C12CCCN1Cc1ccccc12. The lowest BCUT2D eigenvalue weighted by Gasteiger charge is -2.33. The highest BCUT2D eigenvalue weighted by Gasteiger charge is 2.55. The van der Waals surface area contributed by atoms with Crippen LogP contribution in [0.25, 0.3) is 0 Å². The molecule has 0 bridgehead atoms. The molecule has 1 aromatic rings. The van der Waals surface area contributed by atoms with Gasteiger partial charge in [-0.2, -0.15) is 0 Å². The summed E-state index contributed by atoms with van der Waals surface area (Å²) in [5, 5.41) is 0. The van der Waals surface area contributed by atoms with Crippen molar-refractivity contribution in [3.63, 3.8) is 0 Å². The molecule has 1 unspecified atom stereocenters. The fourth-order valence-electron chi connectivity index (χ4n) is 3.36. The Morgan fingerprint density at radius 1 is 1.32 bits per heavy atom. The molecule has 3 heteroatoms. The quantitative estimate of drug-likeness (QED) is 0.726. The van der Waals surface area contributed by atoms with Gasteiger partial charge < -0.3 is 4.74 Å². The number of esters is 1. The van der Waals surface area contributed by atoms with E-state index in [1.807, 2.05) is 32.9 Å². The molecule has 2 heterocycles. The van der Waals surface area contributed by atoms with Crippen LogP contribution in [0.5, 0.6) is 0 Å². The smallest absolute Gasteiger partial charge is 0.331 e. The Bertz CT molecular complexity index is 518. The van der Waals surface area contributed by atoms with E-state index in [4.69, 9.17) is 4.74 Å². The highest BCUT2D eigenvalue weighted by Crippen LogP contribution is 2.47. The van der Waals surface area contributed by atoms with Gasteiger partial charge in [-0.05, 0) is 44.7 Å². The van der Waals surface area contributed by atoms with E-state index in [9.17, 15) is 4.79 Å². The summed E-state index contributed by atoms with van der Waals surface area (Å²) in [6, 6.07) is 8.28. The maximum Gasteiger partial charge on any atom is 0.331 e. The fourth-order valence-corrected chi connectivity index (χ4v) is 3.36. The molecule has 0 saturated carbocycles. The van der Waals surface area contributed by atoms with E-state index in [0.717, 1.165) is 31.5 Å². The second kappa shape index (κ2) is 4.07. The summed E-state index contributed by atoms with van der Waals surface area (Å²) in [6.45, 7) is 7.65. The zero-order valence-corrected chi connectivity index (χ0v) is 11.9. The monoisotopic (exact) mass is 259 g/mol. The summed E-state index contributed by atoms with van der Waals surface area (Å²) in [6.07, 6.45) is 1.94. The van der Waals surface area contributed by atoms with Crippen LogP contribution in [0, 0.1) is 0 Å². The van der Waals surface area contributed by atoms with Crippen LogP contribution in [0.3, 0.4) is 0 Å². The first-order valence-corrected chi connectivity index (χ1v) is 7.00. The van der Waals surface area contributed by atoms with Crippen molar-refractivity contribution in [3.05, 3.63) is 35.4 Å². The molecule has 0 aromatic heterocycles. The number of carbonyl (C=O) groups excluding carboxylic acids is 1. The molecule has 102 valence electrons. The van der Waals surface area contributed by atoms with Crippen LogP contribution in [-0.2, 0) is 21.6 Å². The molecule has 1 aromatic carbocycles. The van der Waals surface area contributed by atoms with Gasteiger partial charge in [0.05, 0.1) is 0 Å². The van der Waals surface area contributed by atoms with Gasteiger partial charge in [-0.3, -0.25) is 4.90 Å². The van der Waals surface area contributed by atoms with E-state index >= 15 is 0 Å². The van der Waals surface area contributed by atoms with E-state index in [1.165, 1.54) is 5.56 Å². The average Bonchev–Trinajstić information content (AvgIpc) is 2.82. The number of nitrogens with zero attached hydrogens (tertiary/aromatic N) is 1. The largest absolute Gasteiger partial charge is 0.458 e. The maximum atomic E-state index is 12.8. The van der Waals surface area contributed by atoms with E-state index in [2.05, 4.69) is 17.0 Å². The molecule has 3 rings (SSSR count). The standard InChI is InChI=1S/C16H21NO2/c1-15(2,3)19-14(18)16-9-6-10-17(16)11-12-7-4-5-8-13(12)16/h4-5,7-8H,6,9-11H2,1-3H3. The molecule has 3 nitrogen and oxygen atoms in total. The van der Waals surface area contributed by atoms with Crippen LogP contribution in [0.1, 0.15) is 44.7 Å². The van der Waals surface area contributed by atoms with Crippen LogP contribution in [-0.4, -0.2) is 23.0 Å². The molecular formula is C16H21NO2. The molecule has 0 spiro atoms. The Labute approximate surface area is 114 Å². The summed E-state index contributed by atoms with van der Waals surface area (Å²) >= 11 is 0. The molecule has 19 heavy (non-hydrogen) atoms. The number of hydrogen-bond donors (Lipinski definition) is 0. The highest BCUT2D eigenvalue weighted by atomic mass is 16.6. The summed E-state index contributed by atoms with van der Waals surface area (Å²) in [4.78, 5) is 15.0. The van der Waals surface area contributed by atoms with Crippen LogP contribution >= 0.6 is 0 Å². The summed E-state index contributed by atoms with van der Waals surface area (Å²) in [5.74, 6) is -0.0811. The third-order valence-corrected chi connectivity index (χ3v) is 4.07. The minimum atomic E-state index is -0.524. The van der Waals surface area contributed by atoms with Gasteiger partial charge in [0.1, 0.15) is 11.1 Å². The Kier molecular flexibility index (Phi) is 2.72. The Hall–Kier alpha value is -1.35. The molecule has 0 N–H and O–H groups in total. The number of carbonyl (C=O) groups is 1. The minimum Gasteiger partial charge on any atom is -0.458 e. The third kappa shape index (κ3) is 1.88. The first kappa shape index (κ1) is 12.7. The van der Waals surface area contributed by atoms with Gasteiger partial charge in [0.25, 0.3) is 0 Å². The summed E-state index contributed by atoms with van der Waals surface area (Å²) < 4.78 is 5.70. The third-order valence-electron chi connectivity index (χ3n) is 4.07. The van der Waals surface area contributed by atoms with Gasteiger partial charge in [0.15, 0.2) is 0 Å². The molecular weight excluding hydrogens is 238 g/mol. The maximum absolute atomic E-state index is 12.8. The van der Waals surface area contributed by atoms with Crippen molar-refractivity contribution >= 4 is 5.97 Å². The van der Waals surface area contributed by atoms with E-state index in [1.54, 1.807) is 0 Å². The second-order valence-electron chi connectivity index (χ2n) is 6.54. The van der Waals surface area contributed by atoms with Crippen molar-refractivity contribution in [2.75, 3.05) is 6.54 Å². The number of rotatable bonds is 1. The second-order valence-corrected chi connectivity index (χ2v) is 6.54. The predicted octanol–water partition coefficient (Wildman–Crippen LogP) is 2.83. The van der Waals surface area contributed by atoms with Crippen molar-refractivity contribution < 1.29 is 9.53 Å². The van der Waals surface area contributed by atoms with Gasteiger partial charge in [-0.1, -0.05) is 24.3 Å². The zero-order valence-electron chi connectivity index (χ0n) is 11.9. The van der Waals surface area contributed by atoms with Crippen molar-refractivity contribution in [2.24, 2.45) is 0 Å². The van der Waals surface area contributed by atoms with Crippen LogP contribution in [0.4, 0.5) is 0 Å². The van der Waals surface area contributed by atoms with Gasteiger partial charge in [0.2, 0.25) is 0 Å². The predicted molar refractivity (Wildman–Crippen MR) is 73.6 cm³/mol. The Morgan fingerprint density at radius 3 is 2.79 bits per heavy atom.